The lowest BCUT2D eigenvalue weighted by Gasteiger charge is -2.30. The van der Waals surface area contributed by atoms with Crippen molar-refractivity contribution >= 4 is 38.3 Å². The maximum absolute atomic E-state index is 13.4. The Labute approximate surface area is 178 Å². The standard InChI is InChI=1S/C22H18ClNO5S/c1-12-2-4-13(5-3-12)19-18-20(25)16-10-14(23)6-7-17(16)29-21(18)22(26)24(19)15-8-9-30(27,28)11-15/h2-7,10,15,19H,8-9,11H2,1H3. The number of benzene rings is 2. The molecule has 2 atom stereocenters. The summed E-state index contributed by atoms with van der Waals surface area (Å²) in [6.07, 6.45) is 0.337. The van der Waals surface area contributed by atoms with Crippen LogP contribution in [0.4, 0.5) is 0 Å². The van der Waals surface area contributed by atoms with E-state index >= 15 is 0 Å². The average Bonchev–Trinajstić information content (AvgIpc) is 3.20. The van der Waals surface area contributed by atoms with Gasteiger partial charge in [0.2, 0.25) is 5.76 Å². The van der Waals surface area contributed by atoms with Gasteiger partial charge in [-0.25, -0.2) is 8.42 Å². The molecule has 30 heavy (non-hydrogen) atoms. The number of nitrogens with zero attached hydrogens (tertiary/aromatic N) is 1. The topological polar surface area (TPSA) is 84.7 Å². The summed E-state index contributed by atoms with van der Waals surface area (Å²) in [6, 6.07) is 11.0. The monoisotopic (exact) mass is 443 g/mol. The highest BCUT2D eigenvalue weighted by Crippen LogP contribution is 2.41. The third-order valence-corrected chi connectivity index (χ3v) is 7.85. The predicted octanol–water partition coefficient (Wildman–Crippen LogP) is 3.49. The van der Waals surface area contributed by atoms with E-state index in [0.717, 1.165) is 11.1 Å². The molecule has 0 spiro atoms. The molecule has 154 valence electrons. The van der Waals surface area contributed by atoms with Gasteiger partial charge >= 0.3 is 0 Å². The van der Waals surface area contributed by atoms with Crippen molar-refractivity contribution in [2.75, 3.05) is 11.5 Å². The van der Waals surface area contributed by atoms with Crippen molar-refractivity contribution in [2.24, 2.45) is 0 Å². The van der Waals surface area contributed by atoms with Gasteiger partial charge in [-0.05, 0) is 37.1 Å². The Kier molecular flexibility index (Phi) is 4.31. The third-order valence-electron chi connectivity index (χ3n) is 5.86. The Morgan fingerprint density at radius 1 is 1.10 bits per heavy atom. The van der Waals surface area contributed by atoms with Crippen LogP contribution < -0.4 is 5.43 Å². The van der Waals surface area contributed by atoms with Crippen LogP contribution in [0.2, 0.25) is 5.02 Å². The van der Waals surface area contributed by atoms with Crippen molar-refractivity contribution in [2.45, 2.75) is 25.4 Å². The molecule has 1 amide bonds. The fourth-order valence-corrected chi connectivity index (χ4v) is 6.29. The van der Waals surface area contributed by atoms with Gasteiger partial charge < -0.3 is 9.32 Å². The molecule has 0 bridgehead atoms. The van der Waals surface area contributed by atoms with Crippen LogP contribution in [0, 0.1) is 6.92 Å². The van der Waals surface area contributed by atoms with Gasteiger partial charge in [0.1, 0.15) is 5.58 Å². The van der Waals surface area contributed by atoms with Crippen LogP contribution in [-0.4, -0.2) is 36.8 Å². The lowest BCUT2D eigenvalue weighted by molar-refractivity contribution is 0.0662. The summed E-state index contributed by atoms with van der Waals surface area (Å²) in [5.41, 5.74) is 1.97. The summed E-state index contributed by atoms with van der Waals surface area (Å²) in [4.78, 5) is 28.3. The first-order chi connectivity index (χ1) is 14.2. The molecule has 6 nitrogen and oxygen atoms in total. The van der Waals surface area contributed by atoms with E-state index in [0.29, 0.717) is 16.8 Å². The molecule has 0 aliphatic carbocycles. The van der Waals surface area contributed by atoms with Crippen molar-refractivity contribution in [3.63, 3.8) is 0 Å². The quantitative estimate of drug-likeness (QED) is 0.605. The van der Waals surface area contributed by atoms with E-state index in [-0.39, 0.29) is 33.8 Å². The Balaban J connectivity index is 1.77. The number of fused-ring (bicyclic) bond motifs is 2. The van der Waals surface area contributed by atoms with Crippen LogP contribution in [0.15, 0.2) is 51.7 Å². The number of amides is 1. The zero-order chi connectivity index (χ0) is 21.2. The number of aryl methyl sites for hydroxylation is 1. The predicted molar refractivity (Wildman–Crippen MR) is 114 cm³/mol. The molecule has 0 radical (unpaired) electrons. The number of hydrogen-bond donors (Lipinski definition) is 0. The molecule has 2 unspecified atom stereocenters. The minimum atomic E-state index is -3.23. The van der Waals surface area contributed by atoms with Crippen molar-refractivity contribution in [3.05, 3.63) is 80.2 Å². The van der Waals surface area contributed by atoms with Crippen LogP contribution >= 0.6 is 11.6 Å². The first kappa shape index (κ1) is 19.3. The Morgan fingerprint density at radius 3 is 2.50 bits per heavy atom. The summed E-state index contributed by atoms with van der Waals surface area (Å²) in [5, 5.41) is 0.691. The van der Waals surface area contributed by atoms with Gasteiger partial charge in [-0.2, -0.15) is 0 Å². The maximum Gasteiger partial charge on any atom is 0.291 e. The molecule has 3 heterocycles. The highest BCUT2D eigenvalue weighted by Gasteiger charge is 2.48. The number of carbonyl (C=O) groups is 1. The number of hydrogen-bond acceptors (Lipinski definition) is 5. The molecule has 0 N–H and O–H groups in total. The van der Waals surface area contributed by atoms with Crippen LogP contribution in [-0.2, 0) is 9.84 Å². The van der Waals surface area contributed by atoms with E-state index in [1.54, 1.807) is 12.1 Å². The average molecular weight is 444 g/mol. The summed E-state index contributed by atoms with van der Waals surface area (Å²) >= 11 is 6.08. The van der Waals surface area contributed by atoms with Crippen LogP contribution in [0.1, 0.15) is 39.7 Å². The van der Waals surface area contributed by atoms with E-state index in [4.69, 9.17) is 16.0 Å². The maximum atomic E-state index is 13.4. The molecule has 1 fully saturated rings. The number of halogens is 1. The largest absolute Gasteiger partial charge is 0.450 e. The summed E-state index contributed by atoms with van der Waals surface area (Å²) in [5.74, 6) is -0.567. The second-order valence-corrected chi connectivity index (χ2v) is 10.6. The number of sulfone groups is 1. The third kappa shape index (κ3) is 2.96. The van der Waals surface area contributed by atoms with Gasteiger partial charge in [-0.3, -0.25) is 9.59 Å². The highest BCUT2D eigenvalue weighted by atomic mass is 35.5. The number of carbonyl (C=O) groups excluding carboxylic acids is 1. The summed E-state index contributed by atoms with van der Waals surface area (Å²) in [6.45, 7) is 1.95. The van der Waals surface area contributed by atoms with Gasteiger partial charge in [0.25, 0.3) is 5.91 Å². The fourth-order valence-electron chi connectivity index (χ4n) is 4.41. The molecule has 2 aromatic carbocycles. The first-order valence-electron chi connectivity index (χ1n) is 9.61. The molecule has 0 saturated carbocycles. The Morgan fingerprint density at radius 2 is 1.83 bits per heavy atom. The molecule has 8 heteroatoms. The second kappa shape index (κ2) is 6.68. The summed E-state index contributed by atoms with van der Waals surface area (Å²) in [7, 11) is -3.23. The smallest absolute Gasteiger partial charge is 0.291 e. The zero-order valence-electron chi connectivity index (χ0n) is 16.1. The molecular formula is C22H18ClNO5S. The van der Waals surface area contributed by atoms with Crippen LogP contribution in [0.5, 0.6) is 0 Å². The van der Waals surface area contributed by atoms with Gasteiger partial charge in [-0.15, -0.1) is 0 Å². The molecule has 1 saturated heterocycles. The van der Waals surface area contributed by atoms with Crippen LogP contribution in [0.3, 0.4) is 0 Å². The fraction of sp³-hybridized carbons (Fsp3) is 0.273. The lowest BCUT2D eigenvalue weighted by atomic mass is 9.97. The SMILES string of the molecule is Cc1ccc(C2c3c(oc4ccc(Cl)cc4c3=O)C(=O)N2C2CCS(=O)(=O)C2)cc1. The van der Waals surface area contributed by atoms with Crippen LogP contribution in [0.25, 0.3) is 11.0 Å². The van der Waals surface area contributed by atoms with Gasteiger partial charge in [0.05, 0.1) is 28.5 Å². The molecule has 2 aliphatic rings. The molecule has 2 aliphatic heterocycles. The molecule has 3 aromatic rings. The van der Waals surface area contributed by atoms with Gasteiger partial charge in [0.15, 0.2) is 15.3 Å². The van der Waals surface area contributed by atoms with Crippen molar-refractivity contribution in [3.8, 4) is 0 Å². The van der Waals surface area contributed by atoms with E-state index in [2.05, 4.69) is 0 Å². The zero-order valence-corrected chi connectivity index (χ0v) is 17.7. The minimum absolute atomic E-state index is 0.0234. The molecule has 5 rings (SSSR count). The molecular weight excluding hydrogens is 426 g/mol. The lowest BCUT2D eigenvalue weighted by Crippen LogP contribution is -2.40. The van der Waals surface area contributed by atoms with E-state index in [1.165, 1.54) is 11.0 Å². The van der Waals surface area contributed by atoms with E-state index in [9.17, 15) is 18.0 Å². The van der Waals surface area contributed by atoms with Crippen molar-refractivity contribution in [1.29, 1.82) is 0 Å². The van der Waals surface area contributed by atoms with Gasteiger partial charge in [-0.1, -0.05) is 41.4 Å². The Bertz CT molecular complexity index is 1360. The summed E-state index contributed by atoms with van der Waals surface area (Å²) < 4.78 is 30.1. The second-order valence-electron chi connectivity index (χ2n) is 7.90. The normalized spacial score (nSPS) is 22.6. The number of rotatable bonds is 2. The van der Waals surface area contributed by atoms with E-state index in [1.807, 2.05) is 31.2 Å². The van der Waals surface area contributed by atoms with Crippen molar-refractivity contribution < 1.29 is 17.6 Å². The van der Waals surface area contributed by atoms with Gasteiger partial charge in [0, 0.05) is 11.1 Å². The molecule has 1 aromatic heterocycles. The highest BCUT2D eigenvalue weighted by molar-refractivity contribution is 7.91. The minimum Gasteiger partial charge on any atom is -0.450 e. The Hall–Kier alpha value is -2.64. The van der Waals surface area contributed by atoms with Crippen molar-refractivity contribution in [1.82, 2.24) is 4.90 Å². The first-order valence-corrected chi connectivity index (χ1v) is 11.8. The van der Waals surface area contributed by atoms with E-state index < -0.39 is 27.8 Å².